The lowest BCUT2D eigenvalue weighted by Gasteiger charge is -2.31. The number of aromatic nitrogens is 2. The number of anilines is 1. The number of amides is 1. The Hall–Kier alpha value is -1.65. The average Bonchev–Trinajstić information content (AvgIpc) is 3.24. The lowest BCUT2D eigenvalue weighted by molar-refractivity contribution is -0.125. The minimum Gasteiger partial charge on any atom is -0.353 e. The van der Waals surface area contributed by atoms with Gasteiger partial charge in [0.25, 0.3) is 0 Å². The van der Waals surface area contributed by atoms with Crippen LogP contribution in [0.15, 0.2) is 12.4 Å². The molecule has 5 nitrogen and oxygen atoms in total. The van der Waals surface area contributed by atoms with Crippen LogP contribution in [0.4, 0.5) is 5.95 Å². The van der Waals surface area contributed by atoms with E-state index < -0.39 is 0 Å². The number of hydrogen-bond donors (Lipinski definition) is 1. The van der Waals surface area contributed by atoms with Crippen LogP contribution < -0.4 is 10.2 Å². The number of carbonyl (C=O) groups is 1. The van der Waals surface area contributed by atoms with E-state index in [-0.39, 0.29) is 11.8 Å². The van der Waals surface area contributed by atoms with Gasteiger partial charge in [0, 0.05) is 37.4 Å². The molecular formula is C14H20N4O. The zero-order valence-corrected chi connectivity index (χ0v) is 11.3. The van der Waals surface area contributed by atoms with Gasteiger partial charge in [-0.15, -0.1) is 0 Å². The van der Waals surface area contributed by atoms with Gasteiger partial charge in [0.15, 0.2) is 0 Å². The third-order valence-electron chi connectivity index (χ3n) is 3.84. The monoisotopic (exact) mass is 260 g/mol. The van der Waals surface area contributed by atoms with E-state index in [1.807, 2.05) is 19.3 Å². The molecule has 1 aromatic rings. The SMILES string of the molecule is Cc1cnc(N2CCC(C(=O)NC3CC3)CC2)nc1. The molecule has 1 aromatic heterocycles. The van der Waals surface area contributed by atoms with Gasteiger partial charge in [0.2, 0.25) is 11.9 Å². The van der Waals surface area contributed by atoms with E-state index in [1.54, 1.807) is 0 Å². The molecule has 1 N–H and O–H groups in total. The van der Waals surface area contributed by atoms with E-state index >= 15 is 0 Å². The molecule has 102 valence electrons. The summed E-state index contributed by atoms with van der Waals surface area (Å²) < 4.78 is 0. The molecule has 5 heteroatoms. The lowest BCUT2D eigenvalue weighted by atomic mass is 9.96. The summed E-state index contributed by atoms with van der Waals surface area (Å²) in [6.07, 6.45) is 7.79. The number of carbonyl (C=O) groups excluding carboxylic acids is 1. The Balaban J connectivity index is 1.53. The number of nitrogens with one attached hydrogen (secondary N) is 1. The Morgan fingerprint density at radius 2 is 1.84 bits per heavy atom. The summed E-state index contributed by atoms with van der Waals surface area (Å²) in [5.41, 5.74) is 1.07. The van der Waals surface area contributed by atoms with Crippen molar-refractivity contribution in [3.63, 3.8) is 0 Å². The van der Waals surface area contributed by atoms with Crippen molar-refractivity contribution >= 4 is 11.9 Å². The molecular weight excluding hydrogens is 240 g/mol. The third kappa shape index (κ3) is 3.03. The van der Waals surface area contributed by atoms with Crippen LogP contribution in [0.1, 0.15) is 31.2 Å². The molecule has 1 aliphatic heterocycles. The van der Waals surface area contributed by atoms with Crippen molar-refractivity contribution in [1.29, 1.82) is 0 Å². The van der Waals surface area contributed by atoms with E-state index in [4.69, 9.17) is 0 Å². The zero-order chi connectivity index (χ0) is 13.2. The van der Waals surface area contributed by atoms with Crippen LogP contribution in [-0.2, 0) is 4.79 Å². The minimum absolute atomic E-state index is 0.169. The van der Waals surface area contributed by atoms with Crippen LogP contribution in [0.3, 0.4) is 0 Å². The largest absolute Gasteiger partial charge is 0.353 e. The van der Waals surface area contributed by atoms with Gasteiger partial charge in [-0.25, -0.2) is 9.97 Å². The Labute approximate surface area is 113 Å². The molecule has 0 radical (unpaired) electrons. The highest BCUT2D eigenvalue weighted by atomic mass is 16.2. The molecule has 1 aliphatic carbocycles. The number of rotatable bonds is 3. The fraction of sp³-hybridized carbons (Fsp3) is 0.643. The summed E-state index contributed by atoms with van der Waals surface area (Å²) in [7, 11) is 0. The summed E-state index contributed by atoms with van der Waals surface area (Å²) >= 11 is 0. The maximum absolute atomic E-state index is 12.0. The maximum atomic E-state index is 12.0. The van der Waals surface area contributed by atoms with Crippen LogP contribution in [0.5, 0.6) is 0 Å². The highest BCUT2D eigenvalue weighted by Crippen LogP contribution is 2.23. The first-order valence-corrected chi connectivity index (χ1v) is 7.06. The average molecular weight is 260 g/mol. The van der Waals surface area contributed by atoms with Gasteiger partial charge in [-0.05, 0) is 38.2 Å². The van der Waals surface area contributed by atoms with Gasteiger partial charge in [-0.2, -0.15) is 0 Å². The van der Waals surface area contributed by atoms with Crippen LogP contribution >= 0.6 is 0 Å². The second-order valence-corrected chi connectivity index (χ2v) is 5.60. The van der Waals surface area contributed by atoms with Gasteiger partial charge in [0.1, 0.15) is 0 Å². The minimum atomic E-state index is 0.169. The lowest BCUT2D eigenvalue weighted by Crippen LogP contribution is -2.41. The Morgan fingerprint density at radius 3 is 2.42 bits per heavy atom. The first-order chi connectivity index (χ1) is 9.22. The van der Waals surface area contributed by atoms with E-state index in [2.05, 4.69) is 20.2 Å². The molecule has 0 unspecified atom stereocenters. The molecule has 1 saturated carbocycles. The van der Waals surface area contributed by atoms with E-state index in [1.165, 1.54) is 0 Å². The fourth-order valence-electron chi connectivity index (χ4n) is 2.44. The summed E-state index contributed by atoms with van der Waals surface area (Å²) in [6, 6.07) is 0.464. The maximum Gasteiger partial charge on any atom is 0.225 e. The van der Waals surface area contributed by atoms with Gasteiger partial charge < -0.3 is 10.2 Å². The standard InChI is InChI=1S/C14H20N4O/c1-10-8-15-14(16-9-10)18-6-4-11(5-7-18)13(19)17-12-2-3-12/h8-9,11-12H,2-7H2,1H3,(H,17,19). The topological polar surface area (TPSA) is 58.1 Å². The number of hydrogen-bond acceptors (Lipinski definition) is 4. The summed E-state index contributed by atoms with van der Waals surface area (Å²) in [4.78, 5) is 22.8. The van der Waals surface area contributed by atoms with Crippen LogP contribution in [0.25, 0.3) is 0 Å². The van der Waals surface area contributed by atoms with E-state index in [0.717, 1.165) is 50.3 Å². The van der Waals surface area contributed by atoms with Crippen molar-refractivity contribution in [2.45, 2.75) is 38.6 Å². The number of aryl methyl sites for hydroxylation is 1. The molecule has 2 heterocycles. The molecule has 0 aromatic carbocycles. The number of piperidine rings is 1. The van der Waals surface area contributed by atoms with Gasteiger partial charge in [-0.3, -0.25) is 4.79 Å². The summed E-state index contributed by atoms with van der Waals surface area (Å²) in [5.74, 6) is 1.20. The smallest absolute Gasteiger partial charge is 0.225 e. The Morgan fingerprint density at radius 1 is 1.21 bits per heavy atom. The predicted octanol–water partition coefficient (Wildman–Crippen LogP) is 1.28. The first kappa shape index (κ1) is 12.4. The fourth-order valence-corrected chi connectivity index (χ4v) is 2.44. The van der Waals surface area contributed by atoms with Gasteiger partial charge >= 0.3 is 0 Å². The van der Waals surface area contributed by atoms with Crippen molar-refractivity contribution in [3.8, 4) is 0 Å². The van der Waals surface area contributed by atoms with Crippen LogP contribution in [-0.4, -0.2) is 35.0 Å². The molecule has 19 heavy (non-hydrogen) atoms. The predicted molar refractivity (Wildman–Crippen MR) is 72.9 cm³/mol. The molecule has 2 aliphatic rings. The molecule has 1 amide bonds. The zero-order valence-electron chi connectivity index (χ0n) is 11.3. The molecule has 3 rings (SSSR count). The van der Waals surface area contributed by atoms with Crippen molar-refractivity contribution in [3.05, 3.63) is 18.0 Å². The quantitative estimate of drug-likeness (QED) is 0.889. The second kappa shape index (κ2) is 5.15. The van der Waals surface area contributed by atoms with E-state index in [0.29, 0.717) is 6.04 Å². The molecule has 1 saturated heterocycles. The summed E-state index contributed by atoms with van der Waals surface area (Å²) in [5, 5.41) is 3.10. The number of nitrogens with zero attached hydrogens (tertiary/aromatic N) is 3. The van der Waals surface area contributed by atoms with Crippen LogP contribution in [0.2, 0.25) is 0 Å². The molecule has 0 atom stereocenters. The van der Waals surface area contributed by atoms with Crippen LogP contribution in [0, 0.1) is 12.8 Å². The highest BCUT2D eigenvalue weighted by Gasteiger charge is 2.30. The Kier molecular flexibility index (Phi) is 3.36. The summed E-state index contributed by atoms with van der Waals surface area (Å²) in [6.45, 7) is 3.72. The first-order valence-electron chi connectivity index (χ1n) is 7.06. The van der Waals surface area contributed by atoms with Crippen molar-refractivity contribution < 1.29 is 4.79 Å². The van der Waals surface area contributed by atoms with Gasteiger partial charge in [-0.1, -0.05) is 0 Å². The van der Waals surface area contributed by atoms with Gasteiger partial charge in [0.05, 0.1) is 0 Å². The molecule has 2 fully saturated rings. The van der Waals surface area contributed by atoms with Crippen molar-refractivity contribution in [1.82, 2.24) is 15.3 Å². The second-order valence-electron chi connectivity index (χ2n) is 5.60. The highest BCUT2D eigenvalue weighted by molar-refractivity contribution is 5.79. The normalized spacial score (nSPS) is 20.4. The molecule has 0 bridgehead atoms. The van der Waals surface area contributed by atoms with Crippen molar-refractivity contribution in [2.24, 2.45) is 5.92 Å². The van der Waals surface area contributed by atoms with E-state index in [9.17, 15) is 4.79 Å². The molecule has 0 spiro atoms. The van der Waals surface area contributed by atoms with Crippen molar-refractivity contribution in [2.75, 3.05) is 18.0 Å². The Bertz CT molecular complexity index is 447. The third-order valence-corrected chi connectivity index (χ3v) is 3.84.